The summed E-state index contributed by atoms with van der Waals surface area (Å²) in [4.78, 5) is 4.17. The highest BCUT2D eigenvalue weighted by Crippen LogP contribution is 2.36. The number of ether oxygens (including phenoxy) is 1. The molecule has 0 radical (unpaired) electrons. The maximum absolute atomic E-state index is 13.5. The Hall–Kier alpha value is -1.58. The molecule has 32 heavy (non-hydrogen) atoms. The Labute approximate surface area is 201 Å². The molecule has 1 fully saturated rings. The number of hydrogen-bond acceptors (Lipinski definition) is 3. The molecule has 0 amide bonds. The van der Waals surface area contributed by atoms with E-state index in [1.165, 1.54) is 12.1 Å². The Morgan fingerprint density at radius 2 is 1.72 bits per heavy atom. The fourth-order valence-corrected chi connectivity index (χ4v) is 4.00. The third-order valence-corrected chi connectivity index (χ3v) is 5.96. The normalized spacial score (nSPS) is 14.9. The van der Waals surface area contributed by atoms with E-state index in [9.17, 15) is 13.2 Å². The molecule has 0 atom stereocenters. The number of morpholine rings is 1. The van der Waals surface area contributed by atoms with E-state index in [0.717, 1.165) is 37.7 Å². The summed E-state index contributed by atoms with van der Waals surface area (Å²) in [5.41, 5.74) is -0.0274. The van der Waals surface area contributed by atoms with Crippen molar-refractivity contribution in [3.8, 4) is 0 Å². The van der Waals surface area contributed by atoms with Gasteiger partial charge in [-0.3, -0.25) is 4.90 Å². The van der Waals surface area contributed by atoms with E-state index < -0.39 is 11.7 Å². The number of anilines is 1. The third-order valence-electron chi connectivity index (χ3n) is 5.11. The van der Waals surface area contributed by atoms with Crippen molar-refractivity contribution >= 4 is 46.2 Å². The highest BCUT2D eigenvalue weighted by molar-refractivity contribution is 7.80. The van der Waals surface area contributed by atoms with Crippen molar-refractivity contribution < 1.29 is 17.9 Å². The maximum atomic E-state index is 13.5. The van der Waals surface area contributed by atoms with E-state index in [2.05, 4.69) is 10.2 Å². The van der Waals surface area contributed by atoms with Crippen molar-refractivity contribution in [3.63, 3.8) is 0 Å². The Balaban J connectivity index is 1.73. The Bertz CT molecular complexity index is 906. The summed E-state index contributed by atoms with van der Waals surface area (Å²) < 4.78 is 45.7. The monoisotopic (exact) mass is 505 g/mol. The summed E-state index contributed by atoms with van der Waals surface area (Å²) >= 11 is 17.5. The van der Waals surface area contributed by atoms with Crippen molar-refractivity contribution in [1.29, 1.82) is 0 Å². The smallest absolute Gasteiger partial charge is 0.379 e. The minimum absolute atomic E-state index is 0.163. The first kappa shape index (κ1) is 25.1. The molecule has 1 saturated heterocycles. The number of alkyl halides is 3. The first-order chi connectivity index (χ1) is 15.2. The molecule has 4 nitrogen and oxygen atoms in total. The van der Waals surface area contributed by atoms with E-state index in [0.29, 0.717) is 31.3 Å². The van der Waals surface area contributed by atoms with Gasteiger partial charge in [0.1, 0.15) is 0 Å². The van der Waals surface area contributed by atoms with Crippen LogP contribution in [-0.2, 0) is 17.5 Å². The average molecular weight is 506 g/mol. The molecular formula is C22H24Cl2F3N3OS. The van der Waals surface area contributed by atoms with Crippen LogP contribution in [0.4, 0.5) is 18.9 Å². The summed E-state index contributed by atoms with van der Waals surface area (Å²) in [6.07, 6.45) is -3.73. The predicted octanol–water partition coefficient (Wildman–Crippen LogP) is 5.93. The zero-order valence-electron chi connectivity index (χ0n) is 17.3. The van der Waals surface area contributed by atoms with Crippen LogP contribution in [0.3, 0.4) is 0 Å². The highest BCUT2D eigenvalue weighted by Gasteiger charge is 2.34. The second-order valence-electron chi connectivity index (χ2n) is 7.47. The number of rotatable bonds is 7. The molecular weight excluding hydrogens is 482 g/mol. The molecule has 174 valence electrons. The van der Waals surface area contributed by atoms with Gasteiger partial charge in [-0.05, 0) is 54.5 Å². The van der Waals surface area contributed by atoms with Crippen LogP contribution in [0.1, 0.15) is 17.5 Å². The third kappa shape index (κ3) is 7.49. The van der Waals surface area contributed by atoms with E-state index in [1.807, 2.05) is 17.0 Å². The molecule has 2 aromatic carbocycles. The van der Waals surface area contributed by atoms with E-state index in [-0.39, 0.29) is 15.8 Å². The van der Waals surface area contributed by atoms with Crippen molar-refractivity contribution in [2.24, 2.45) is 0 Å². The quantitative estimate of drug-likeness (QED) is 0.470. The number of halogens is 5. The largest absolute Gasteiger partial charge is 0.418 e. The van der Waals surface area contributed by atoms with Gasteiger partial charge in [0.15, 0.2) is 5.11 Å². The maximum Gasteiger partial charge on any atom is 0.418 e. The number of thiocarbonyl (C=S) groups is 1. The van der Waals surface area contributed by atoms with Gasteiger partial charge in [0.2, 0.25) is 0 Å². The van der Waals surface area contributed by atoms with Crippen molar-refractivity contribution in [2.75, 3.05) is 44.7 Å². The molecule has 1 N–H and O–H groups in total. The standard InChI is InChI=1S/C22H24Cl2F3N3OS/c23-17-4-2-16(3-5-17)15-30(9-1-8-29-10-12-31-13-11-29)21(32)28-20-14-18(24)6-7-19(20)22(25,26)27/h2-7,14H,1,8-13,15H2,(H,28,32). The molecule has 10 heteroatoms. The second-order valence-corrected chi connectivity index (χ2v) is 8.73. The minimum atomic E-state index is -4.53. The van der Waals surface area contributed by atoms with Crippen LogP contribution in [0.2, 0.25) is 10.0 Å². The number of hydrogen-bond donors (Lipinski definition) is 1. The predicted molar refractivity (Wildman–Crippen MR) is 126 cm³/mol. The number of benzene rings is 2. The van der Waals surface area contributed by atoms with Gasteiger partial charge < -0.3 is 15.0 Å². The molecule has 0 aliphatic carbocycles. The lowest BCUT2D eigenvalue weighted by Gasteiger charge is -2.30. The second kappa shape index (κ2) is 11.5. The Morgan fingerprint density at radius 1 is 1.06 bits per heavy atom. The van der Waals surface area contributed by atoms with E-state index >= 15 is 0 Å². The summed E-state index contributed by atoms with van der Waals surface area (Å²) in [5, 5.41) is 3.78. The van der Waals surface area contributed by atoms with Gasteiger partial charge in [0, 0.05) is 42.8 Å². The first-order valence-corrected chi connectivity index (χ1v) is 11.4. The zero-order chi connectivity index (χ0) is 23.1. The van der Waals surface area contributed by atoms with E-state index in [4.69, 9.17) is 40.2 Å². The topological polar surface area (TPSA) is 27.7 Å². The zero-order valence-corrected chi connectivity index (χ0v) is 19.6. The van der Waals surface area contributed by atoms with Gasteiger partial charge in [0.05, 0.1) is 24.5 Å². The molecule has 0 unspecified atom stereocenters. The summed E-state index contributed by atoms with van der Waals surface area (Å²) in [7, 11) is 0. The van der Waals surface area contributed by atoms with Crippen molar-refractivity contribution in [3.05, 3.63) is 63.6 Å². The molecule has 0 bridgehead atoms. The highest BCUT2D eigenvalue weighted by atomic mass is 35.5. The fraction of sp³-hybridized carbons (Fsp3) is 0.409. The molecule has 0 spiro atoms. The van der Waals surface area contributed by atoms with Gasteiger partial charge in [-0.15, -0.1) is 0 Å². The molecule has 1 heterocycles. The Morgan fingerprint density at radius 3 is 2.38 bits per heavy atom. The molecule has 1 aliphatic heterocycles. The van der Waals surface area contributed by atoms with Gasteiger partial charge >= 0.3 is 6.18 Å². The van der Waals surface area contributed by atoms with Crippen LogP contribution in [0.25, 0.3) is 0 Å². The van der Waals surface area contributed by atoms with Crippen LogP contribution < -0.4 is 5.32 Å². The van der Waals surface area contributed by atoms with Gasteiger partial charge in [-0.25, -0.2) is 0 Å². The molecule has 3 rings (SSSR count). The average Bonchev–Trinajstić information content (AvgIpc) is 2.74. The van der Waals surface area contributed by atoms with Crippen molar-refractivity contribution in [1.82, 2.24) is 9.80 Å². The minimum Gasteiger partial charge on any atom is -0.379 e. The SMILES string of the molecule is FC(F)(F)c1ccc(Cl)cc1NC(=S)N(CCCN1CCOCC1)Cc1ccc(Cl)cc1. The fourth-order valence-electron chi connectivity index (χ4n) is 3.43. The van der Waals surface area contributed by atoms with Gasteiger partial charge in [0.25, 0.3) is 0 Å². The summed E-state index contributed by atoms with van der Waals surface area (Å²) in [6, 6.07) is 10.7. The first-order valence-electron chi connectivity index (χ1n) is 10.2. The molecule has 0 saturated carbocycles. The lowest BCUT2D eigenvalue weighted by Crippen LogP contribution is -2.40. The van der Waals surface area contributed by atoms with Crippen LogP contribution in [-0.4, -0.2) is 54.3 Å². The van der Waals surface area contributed by atoms with Crippen LogP contribution >= 0.6 is 35.4 Å². The van der Waals surface area contributed by atoms with E-state index in [1.54, 1.807) is 12.1 Å². The lowest BCUT2D eigenvalue weighted by molar-refractivity contribution is -0.136. The van der Waals surface area contributed by atoms with Crippen LogP contribution in [0, 0.1) is 0 Å². The molecule has 2 aromatic rings. The van der Waals surface area contributed by atoms with Gasteiger partial charge in [-0.1, -0.05) is 35.3 Å². The van der Waals surface area contributed by atoms with Crippen LogP contribution in [0.15, 0.2) is 42.5 Å². The molecule has 1 aliphatic rings. The Kier molecular flexibility index (Phi) is 9.02. The number of nitrogens with one attached hydrogen (secondary N) is 1. The number of nitrogens with zero attached hydrogens (tertiary/aromatic N) is 2. The lowest BCUT2D eigenvalue weighted by atomic mass is 10.1. The van der Waals surface area contributed by atoms with Crippen molar-refractivity contribution in [2.45, 2.75) is 19.1 Å². The summed E-state index contributed by atoms with van der Waals surface area (Å²) in [5.74, 6) is 0. The molecule has 0 aromatic heterocycles. The van der Waals surface area contributed by atoms with Crippen LogP contribution in [0.5, 0.6) is 0 Å². The summed E-state index contributed by atoms with van der Waals surface area (Å²) in [6.45, 7) is 5.04. The van der Waals surface area contributed by atoms with Gasteiger partial charge in [-0.2, -0.15) is 13.2 Å².